The number of carbonyl (C=O) groups excluding carboxylic acids is 1. The lowest BCUT2D eigenvalue weighted by Gasteiger charge is -2.30. The van der Waals surface area contributed by atoms with Gasteiger partial charge < -0.3 is 10.0 Å². The van der Waals surface area contributed by atoms with Gasteiger partial charge in [0.25, 0.3) is 0 Å². The third kappa shape index (κ3) is 3.59. The van der Waals surface area contributed by atoms with Gasteiger partial charge in [0.05, 0.1) is 6.20 Å². The van der Waals surface area contributed by atoms with Gasteiger partial charge in [0.1, 0.15) is 11.7 Å². The summed E-state index contributed by atoms with van der Waals surface area (Å²) in [6.45, 7) is 1.53. The molecule has 1 aromatic carbocycles. The second-order valence-corrected chi connectivity index (χ2v) is 5.86. The van der Waals surface area contributed by atoms with Crippen molar-refractivity contribution >= 4 is 5.91 Å². The summed E-state index contributed by atoms with van der Waals surface area (Å²) >= 11 is 0. The fraction of sp³-hybridized carbons (Fsp3) is 0.471. The van der Waals surface area contributed by atoms with Crippen LogP contribution in [0.3, 0.4) is 0 Å². The first kappa shape index (κ1) is 15.7. The highest BCUT2D eigenvalue weighted by Gasteiger charge is 2.27. The van der Waals surface area contributed by atoms with Gasteiger partial charge in [-0.1, -0.05) is 35.5 Å². The molecule has 1 N–H and O–H groups in total. The molecule has 2 aromatic rings. The molecule has 0 spiro atoms. The van der Waals surface area contributed by atoms with Crippen molar-refractivity contribution in [1.82, 2.24) is 19.9 Å². The minimum absolute atomic E-state index is 0.0308. The van der Waals surface area contributed by atoms with E-state index in [2.05, 4.69) is 10.3 Å². The van der Waals surface area contributed by atoms with Crippen LogP contribution in [0.2, 0.25) is 0 Å². The van der Waals surface area contributed by atoms with Crippen LogP contribution >= 0.6 is 0 Å². The van der Waals surface area contributed by atoms with Crippen molar-refractivity contribution in [3.63, 3.8) is 0 Å². The van der Waals surface area contributed by atoms with Crippen LogP contribution in [0.1, 0.15) is 31.7 Å². The number of amides is 1. The van der Waals surface area contributed by atoms with Crippen LogP contribution in [0.25, 0.3) is 11.3 Å². The number of aliphatic hydroxyl groups is 1. The molecule has 1 fully saturated rings. The van der Waals surface area contributed by atoms with Gasteiger partial charge in [0, 0.05) is 31.7 Å². The van der Waals surface area contributed by atoms with Crippen LogP contribution in [-0.4, -0.2) is 50.6 Å². The van der Waals surface area contributed by atoms with Crippen molar-refractivity contribution in [3.8, 4) is 11.3 Å². The molecule has 6 heteroatoms. The molecular weight excluding hydrogens is 292 g/mol. The first-order valence-electron chi connectivity index (χ1n) is 8.16. The zero-order valence-electron chi connectivity index (χ0n) is 13.1. The Morgan fingerprint density at radius 2 is 1.91 bits per heavy atom. The van der Waals surface area contributed by atoms with Crippen molar-refractivity contribution < 1.29 is 9.90 Å². The molecule has 6 nitrogen and oxygen atoms in total. The van der Waals surface area contributed by atoms with Gasteiger partial charge in [-0.25, -0.2) is 4.68 Å². The lowest BCUT2D eigenvalue weighted by Crippen LogP contribution is -2.41. The summed E-state index contributed by atoms with van der Waals surface area (Å²) < 4.78 is 1.59. The van der Waals surface area contributed by atoms with E-state index in [1.807, 2.05) is 35.2 Å². The van der Waals surface area contributed by atoms with Crippen LogP contribution in [-0.2, 0) is 4.79 Å². The lowest BCUT2D eigenvalue weighted by atomic mass is 10.1. The van der Waals surface area contributed by atoms with Crippen molar-refractivity contribution in [2.45, 2.75) is 31.7 Å². The molecule has 1 unspecified atom stereocenters. The Bertz CT molecular complexity index is 635. The van der Waals surface area contributed by atoms with Gasteiger partial charge in [-0.3, -0.25) is 4.79 Å². The van der Waals surface area contributed by atoms with E-state index in [1.165, 1.54) is 6.42 Å². The second kappa shape index (κ2) is 7.37. The molecule has 1 saturated heterocycles. The average Bonchev–Trinajstić information content (AvgIpc) is 3.10. The molecule has 0 saturated carbocycles. The van der Waals surface area contributed by atoms with Crippen LogP contribution in [0, 0.1) is 0 Å². The fourth-order valence-corrected chi connectivity index (χ4v) is 2.99. The molecular formula is C17H22N4O2. The standard InChI is InChI=1S/C17H22N4O2/c22-12-9-16(17(23)20-10-5-2-6-11-20)21-13-15(18-19-21)14-7-3-1-4-8-14/h1,3-4,7-8,13,16,22H,2,5-6,9-12H2. The number of hydrogen-bond donors (Lipinski definition) is 1. The summed E-state index contributed by atoms with van der Waals surface area (Å²) in [6, 6.07) is 9.27. The zero-order valence-corrected chi connectivity index (χ0v) is 13.1. The number of aromatic nitrogens is 3. The molecule has 1 aliphatic rings. The van der Waals surface area contributed by atoms with E-state index in [-0.39, 0.29) is 12.5 Å². The highest BCUT2D eigenvalue weighted by Crippen LogP contribution is 2.21. The molecule has 1 atom stereocenters. The van der Waals surface area contributed by atoms with Gasteiger partial charge in [0.15, 0.2) is 0 Å². The number of rotatable bonds is 5. The molecule has 3 rings (SSSR count). The highest BCUT2D eigenvalue weighted by molar-refractivity contribution is 5.80. The molecule has 0 aliphatic carbocycles. The second-order valence-electron chi connectivity index (χ2n) is 5.86. The highest BCUT2D eigenvalue weighted by atomic mass is 16.3. The summed E-state index contributed by atoms with van der Waals surface area (Å²) in [5.74, 6) is 0.0308. The normalized spacial score (nSPS) is 16.3. The maximum atomic E-state index is 12.8. The lowest BCUT2D eigenvalue weighted by molar-refractivity contribution is -0.136. The van der Waals surface area contributed by atoms with Crippen LogP contribution in [0.15, 0.2) is 36.5 Å². The van der Waals surface area contributed by atoms with E-state index in [0.29, 0.717) is 6.42 Å². The molecule has 1 aliphatic heterocycles. The average molecular weight is 314 g/mol. The van der Waals surface area contributed by atoms with Gasteiger partial charge >= 0.3 is 0 Å². The number of hydrogen-bond acceptors (Lipinski definition) is 4. The van der Waals surface area contributed by atoms with Crippen LogP contribution < -0.4 is 0 Å². The Labute approximate surface area is 135 Å². The number of likely N-dealkylation sites (tertiary alicyclic amines) is 1. The zero-order chi connectivity index (χ0) is 16.1. The molecule has 122 valence electrons. The van der Waals surface area contributed by atoms with E-state index >= 15 is 0 Å². The van der Waals surface area contributed by atoms with Gasteiger partial charge in [-0.05, 0) is 19.3 Å². The maximum absolute atomic E-state index is 12.8. The van der Waals surface area contributed by atoms with E-state index in [4.69, 9.17) is 0 Å². The minimum atomic E-state index is -0.483. The van der Waals surface area contributed by atoms with E-state index in [9.17, 15) is 9.90 Å². The summed E-state index contributed by atoms with van der Waals surface area (Å²) in [6.07, 6.45) is 5.41. The van der Waals surface area contributed by atoms with Crippen molar-refractivity contribution in [1.29, 1.82) is 0 Å². The van der Waals surface area contributed by atoms with Crippen molar-refractivity contribution in [3.05, 3.63) is 36.5 Å². The SMILES string of the molecule is O=C(C(CCO)n1cc(-c2ccccc2)nn1)N1CCCCC1. The number of carbonyl (C=O) groups is 1. The quantitative estimate of drug-likeness (QED) is 0.915. The maximum Gasteiger partial charge on any atom is 0.247 e. The molecule has 23 heavy (non-hydrogen) atoms. The number of aliphatic hydroxyl groups excluding tert-OH is 1. The third-order valence-corrected chi connectivity index (χ3v) is 4.25. The Morgan fingerprint density at radius 3 is 2.61 bits per heavy atom. The summed E-state index contributed by atoms with van der Waals surface area (Å²) in [4.78, 5) is 14.6. The smallest absolute Gasteiger partial charge is 0.247 e. The van der Waals surface area contributed by atoms with E-state index in [0.717, 1.165) is 37.2 Å². The number of piperidine rings is 1. The predicted molar refractivity (Wildman–Crippen MR) is 86.6 cm³/mol. The predicted octanol–water partition coefficient (Wildman–Crippen LogP) is 1.88. The van der Waals surface area contributed by atoms with Crippen molar-refractivity contribution in [2.75, 3.05) is 19.7 Å². The molecule has 0 bridgehead atoms. The van der Waals surface area contributed by atoms with E-state index < -0.39 is 6.04 Å². The number of nitrogens with zero attached hydrogens (tertiary/aromatic N) is 4. The fourth-order valence-electron chi connectivity index (χ4n) is 2.99. The van der Waals surface area contributed by atoms with Crippen molar-refractivity contribution in [2.24, 2.45) is 0 Å². The largest absolute Gasteiger partial charge is 0.396 e. The first-order valence-corrected chi connectivity index (χ1v) is 8.16. The Balaban J connectivity index is 1.81. The Kier molecular flexibility index (Phi) is 5.02. The van der Waals surface area contributed by atoms with Gasteiger partial charge in [0.2, 0.25) is 5.91 Å². The van der Waals surface area contributed by atoms with Crippen LogP contribution in [0.5, 0.6) is 0 Å². The summed E-state index contributed by atoms with van der Waals surface area (Å²) in [5.41, 5.74) is 1.70. The Hall–Kier alpha value is -2.21. The number of benzene rings is 1. The van der Waals surface area contributed by atoms with E-state index in [1.54, 1.807) is 10.9 Å². The molecule has 0 radical (unpaired) electrons. The Morgan fingerprint density at radius 1 is 1.17 bits per heavy atom. The third-order valence-electron chi connectivity index (χ3n) is 4.25. The molecule has 1 amide bonds. The topological polar surface area (TPSA) is 71.2 Å². The molecule has 2 heterocycles. The summed E-state index contributed by atoms with van der Waals surface area (Å²) in [7, 11) is 0. The van der Waals surface area contributed by atoms with Gasteiger partial charge in [-0.15, -0.1) is 5.10 Å². The van der Waals surface area contributed by atoms with Gasteiger partial charge in [-0.2, -0.15) is 0 Å². The first-order chi connectivity index (χ1) is 11.3. The molecule has 1 aromatic heterocycles. The summed E-state index contributed by atoms with van der Waals surface area (Å²) in [5, 5.41) is 17.7. The monoisotopic (exact) mass is 314 g/mol. The minimum Gasteiger partial charge on any atom is -0.396 e. The van der Waals surface area contributed by atoms with Crippen LogP contribution in [0.4, 0.5) is 0 Å².